The van der Waals surface area contributed by atoms with E-state index in [2.05, 4.69) is 20.1 Å². The molecule has 0 atom stereocenters. The second kappa shape index (κ2) is 6.94. The number of carbonyl (C=O) groups is 1. The van der Waals surface area contributed by atoms with Gasteiger partial charge in [-0.1, -0.05) is 18.2 Å². The van der Waals surface area contributed by atoms with Crippen molar-refractivity contribution in [2.24, 2.45) is 0 Å². The van der Waals surface area contributed by atoms with Gasteiger partial charge in [-0.2, -0.15) is 0 Å². The van der Waals surface area contributed by atoms with Gasteiger partial charge in [0, 0.05) is 11.8 Å². The summed E-state index contributed by atoms with van der Waals surface area (Å²) in [5.74, 6) is 0.750. The van der Waals surface area contributed by atoms with Gasteiger partial charge in [0.15, 0.2) is 5.82 Å². The Bertz CT molecular complexity index is 868. The predicted molar refractivity (Wildman–Crippen MR) is 93.5 cm³/mol. The molecule has 0 unspecified atom stereocenters. The maximum absolute atomic E-state index is 12.9. The van der Waals surface area contributed by atoms with Crippen LogP contribution in [-0.2, 0) is 6.54 Å². The normalized spacial score (nSPS) is 14.7. The molecule has 1 fully saturated rings. The van der Waals surface area contributed by atoms with E-state index in [1.165, 1.54) is 12.8 Å². The number of hydrogen-bond acceptors (Lipinski definition) is 5. The third-order valence-electron chi connectivity index (χ3n) is 4.49. The van der Waals surface area contributed by atoms with Crippen LogP contribution < -0.4 is 0 Å². The maximum atomic E-state index is 12.9. The van der Waals surface area contributed by atoms with Gasteiger partial charge in [-0.15, -0.1) is 10.2 Å². The number of aromatic nitrogens is 4. The molecule has 1 aliphatic heterocycles. The number of para-hydroxylation sites is 1. The van der Waals surface area contributed by atoms with Gasteiger partial charge < -0.3 is 0 Å². The lowest BCUT2D eigenvalue weighted by atomic mass is 10.1. The number of ketones is 1. The highest BCUT2D eigenvalue weighted by Crippen LogP contribution is 2.20. The Hall–Kier alpha value is -2.86. The highest BCUT2D eigenvalue weighted by molar-refractivity contribution is 6.10. The van der Waals surface area contributed by atoms with Crippen LogP contribution in [0.1, 0.15) is 34.7 Å². The first-order chi connectivity index (χ1) is 12.3. The molecule has 0 saturated carbocycles. The van der Waals surface area contributed by atoms with E-state index in [4.69, 9.17) is 0 Å². The minimum Gasteiger partial charge on any atom is -0.296 e. The van der Waals surface area contributed by atoms with E-state index < -0.39 is 0 Å². The molecular formula is C19H19N5O. The first-order valence-electron chi connectivity index (χ1n) is 8.49. The molecule has 1 aromatic carbocycles. The minimum absolute atomic E-state index is 0.1000. The monoisotopic (exact) mass is 333 g/mol. The molecule has 25 heavy (non-hydrogen) atoms. The van der Waals surface area contributed by atoms with Crippen molar-refractivity contribution in [3.05, 3.63) is 72.1 Å². The van der Waals surface area contributed by atoms with Crippen LogP contribution in [0.5, 0.6) is 0 Å². The smallest absolute Gasteiger partial charge is 0.213 e. The van der Waals surface area contributed by atoms with Gasteiger partial charge in [0.25, 0.3) is 0 Å². The van der Waals surface area contributed by atoms with Crippen molar-refractivity contribution in [1.82, 2.24) is 24.6 Å². The Kier molecular flexibility index (Phi) is 4.35. The summed E-state index contributed by atoms with van der Waals surface area (Å²) in [5.41, 5.74) is 1.82. The van der Waals surface area contributed by atoms with Crippen molar-refractivity contribution in [1.29, 1.82) is 0 Å². The van der Waals surface area contributed by atoms with Crippen LogP contribution >= 0.6 is 0 Å². The van der Waals surface area contributed by atoms with Crippen molar-refractivity contribution < 1.29 is 4.79 Å². The minimum atomic E-state index is -0.1000. The van der Waals surface area contributed by atoms with Crippen molar-refractivity contribution in [3.8, 4) is 5.69 Å². The van der Waals surface area contributed by atoms with Gasteiger partial charge in [0.2, 0.25) is 5.78 Å². The standard InChI is InChI=1S/C19H19N5O/c25-19(16-8-3-4-10-20-16)15-7-1-2-9-17(15)24-14-21-22-18(24)13-23-11-5-6-12-23/h1-4,7-10,14H,5-6,11-13H2. The molecule has 1 aliphatic rings. The summed E-state index contributed by atoms with van der Waals surface area (Å²) in [4.78, 5) is 19.4. The van der Waals surface area contributed by atoms with E-state index in [1.54, 1.807) is 24.7 Å². The Labute approximate surface area is 146 Å². The van der Waals surface area contributed by atoms with Crippen LogP contribution in [0.25, 0.3) is 5.69 Å². The van der Waals surface area contributed by atoms with Gasteiger partial charge in [0.05, 0.1) is 12.2 Å². The average Bonchev–Trinajstić information content (AvgIpc) is 3.34. The molecule has 6 heteroatoms. The third kappa shape index (κ3) is 3.21. The van der Waals surface area contributed by atoms with Crippen molar-refractivity contribution in [2.45, 2.75) is 19.4 Å². The number of nitrogens with zero attached hydrogens (tertiary/aromatic N) is 5. The van der Waals surface area contributed by atoms with E-state index in [-0.39, 0.29) is 5.78 Å². The fraction of sp³-hybridized carbons (Fsp3) is 0.263. The number of rotatable bonds is 5. The summed E-state index contributed by atoms with van der Waals surface area (Å²) in [7, 11) is 0. The lowest BCUT2D eigenvalue weighted by Gasteiger charge is -2.16. The quantitative estimate of drug-likeness (QED) is 0.671. The molecule has 0 radical (unpaired) electrons. The Balaban J connectivity index is 1.70. The highest BCUT2D eigenvalue weighted by Gasteiger charge is 2.20. The predicted octanol–water partition coefficient (Wildman–Crippen LogP) is 2.49. The summed E-state index contributed by atoms with van der Waals surface area (Å²) in [6, 6.07) is 12.9. The molecule has 3 heterocycles. The molecule has 126 valence electrons. The van der Waals surface area contributed by atoms with Crippen molar-refractivity contribution in [2.75, 3.05) is 13.1 Å². The zero-order chi connectivity index (χ0) is 17.1. The van der Waals surface area contributed by atoms with Crippen LogP contribution in [0.4, 0.5) is 0 Å². The van der Waals surface area contributed by atoms with Crippen LogP contribution in [0, 0.1) is 0 Å². The SMILES string of the molecule is O=C(c1ccccn1)c1ccccc1-n1cnnc1CN1CCCC1. The van der Waals surface area contributed by atoms with Gasteiger partial charge >= 0.3 is 0 Å². The Morgan fingerprint density at radius 2 is 1.84 bits per heavy atom. The van der Waals surface area contributed by atoms with E-state index >= 15 is 0 Å². The van der Waals surface area contributed by atoms with Crippen LogP contribution in [0.2, 0.25) is 0 Å². The van der Waals surface area contributed by atoms with Crippen molar-refractivity contribution in [3.63, 3.8) is 0 Å². The molecule has 4 rings (SSSR count). The molecule has 3 aromatic rings. The van der Waals surface area contributed by atoms with Gasteiger partial charge in [0.1, 0.15) is 12.0 Å². The Morgan fingerprint density at radius 1 is 1.04 bits per heavy atom. The summed E-state index contributed by atoms with van der Waals surface area (Å²) in [6.45, 7) is 2.91. The molecule has 2 aromatic heterocycles. The zero-order valence-corrected chi connectivity index (χ0v) is 13.9. The lowest BCUT2D eigenvalue weighted by Crippen LogP contribution is -2.21. The maximum Gasteiger partial charge on any atom is 0.213 e. The molecule has 0 bridgehead atoms. The largest absolute Gasteiger partial charge is 0.296 e. The molecule has 0 N–H and O–H groups in total. The number of likely N-dealkylation sites (tertiary alicyclic amines) is 1. The number of carbonyl (C=O) groups excluding carboxylic acids is 1. The second-order valence-corrected chi connectivity index (χ2v) is 6.16. The molecule has 1 saturated heterocycles. The lowest BCUT2D eigenvalue weighted by molar-refractivity contribution is 0.103. The summed E-state index contributed by atoms with van der Waals surface area (Å²) in [6.07, 6.45) is 5.76. The van der Waals surface area contributed by atoms with Gasteiger partial charge in [-0.25, -0.2) is 0 Å². The van der Waals surface area contributed by atoms with Gasteiger partial charge in [-0.3, -0.25) is 19.2 Å². The highest BCUT2D eigenvalue weighted by atomic mass is 16.1. The molecule has 0 amide bonds. The van der Waals surface area contributed by atoms with Crippen LogP contribution in [0.3, 0.4) is 0 Å². The summed E-state index contributed by atoms with van der Waals surface area (Å²) in [5, 5.41) is 8.35. The Morgan fingerprint density at radius 3 is 2.64 bits per heavy atom. The third-order valence-corrected chi connectivity index (χ3v) is 4.49. The van der Waals surface area contributed by atoms with E-state index in [9.17, 15) is 4.79 Å². The second-order valence-electron chi connectivity index (χ2n) is 6.16. The van der Waals surface area contributed by atoms with E-state index in [0.29, 0.717) is 11.3 Å². The average molecular weight is 333 g/mol. The summed E-state index contributed by atoms with van der Waals surface area (Å²) < 4.78 is 1.91. The van der Waals surface area contributed by atoms with E-state index in [0.717, 1.165) is 31.1 Å². The summed E-state index contributed by atoms with van der Waals surface area (Å²) >= 11 is 0. The fourth-order valence-corrected chi connectivity index (χ4v) is 3.22. The zero-order valence-electron chi connectivity index (χ0n) is 13.9. The van der Waals surface area contributed by atoms with E-state index in [1.807, 2.05) is 34.9 Å². The van der Waals surface area contributed by atoms with Crippen molar-refractivity contribution >= 4 is 5.78 Å². The number of benzene rings is 1. The first kappa shape index (κ1) is 15.7. The first-order valence-corrected chi connectivity index (χ1v) is 8.49. The topological polar surface area (TPSA) is 63.9 Å². The van der Waals surface area contributed by atoms with Crippen LogP contribution in [0.15, 0.2) is 55.0 Å². The van der Waals surface area contributed by atoms with Crippen LogP contribution in [-0.4, -0.2) is 43.5 Å². The molecule has 0 aliphatic carbocycles. The molecule has 6 nitrogen and oxygen atoms in total. The molecular weight excluding hydrogens is 314 g/mol. The number of hydrogen-bond donors (Lipinski definition) is 0. The number of pyridine rings is 1. The fourth-order valence-electron chi connectivity index (χ4n) is 3.22. The molecule has 0 spiro atoms. The van der Waals surface area contributed by atoms with Gasteiger partial charge in [-0.05, 0) is 50.2 Å².